The van der Waals surface area contributed by atoms with Gasteiger partial charge in [-0.15, -0.1) is 5.10 Å². The smallest absolute Gasteiger partial charge is 0.325 e. The average molecular weight is 263 g/mol. The van der Waals surface area contributed by atoms with Crippen molar-refractivity contribution in [1.29, 1.82) is 0 Å². The molecule has 1 heterocycles. The summed E-state index contributed by atoms with van der Waals surface area (Å²) in [5.74, 6) is 0.459. The van der Waals surface area contributed by atoms with Gasteiger partial charge in [-0.25, -0.2) is 4.68 Å². The number of ether oxygens (including phenoxy) is 2. The molecule has 0 aliphatic carbocycles. The predicted octanol–water partition coefficient (Wildman–Crippen LogP) is 0.950. The Bertz CT molecular complexity index is 550. The van der Waals surface area contributed by atoms with Crippen molar-refractivity contribution in [2.75, 3.05) is 7.11 Å². The van der Waals surface area contributed by atoms with Crippen molar-refractivity contribution >= 4 is 5.97 Å². The number of hydrogen-bond acceptors (Lipinski definition) is 5. The normalized spacial score (nSPS) is 10.2. The van der Waals surface area contributed by atoms with Gasteiger partial charge in [0.25, 0.3) is 0 Å². The Labute approximate surface area is 109 Å². The van der Waals surface area contributed by atoms with Crippen LogP contribution in [0.3, 0.4) is 0 Å². The standard InChI is InChI=1S/C12H13N3O4/c1-18-10-2-4-11(5-3-10)19-8-9-6-15(14-13-9)7-12(16)17/h2-6H,7-8H2,1H3,(H,16,17). The molecule has 0 unspecified atom stereocenters. The zero-order valence-corrected chi connectivity index (χ0v) is 10.3. The van der Waals surface area contributed by atoms with Gasteiger partial charge in [0, 0.05) is 0 Å². The van der Waals surface area contributed by atoms with Crippen LogP contribution in [-0.2, 0) is 17.9 Å². The fourth-order valence-corrected chi connectivity index (χ4v) is 1.45. The third kappa shape index (κ3) is 3.70. The van der Waals surface area contributed by atoms with Gasteiger partial charge in [0.2, 0.25) is 0 Å². The molecule has 0 amide bonds. The fraction of sp³-hybridized carbons (Fsp3) is 0.250. The molecular weight excluding hydrogens is 250 g/mol. The lowest BCUT2D eigenvalue weighted by Gasteiger charge is -2.04. The lowest BCUT2D eigenvalue weighted by atomic mass is 10.3. The second-order valence-corrected chi connectivity index (χ2v) is 3.77. The first kappa shape index (κ1) is 12.9. The molecule has 2 aromatic rings. The van der Waals surface area contributed by atoms with Gasteiger partial charge in [-0.2, -0.15) is 0 Å². The Morgan fingerprint density at radius 3 is 2.63 bits per heavy atom. The zero-order valence-electron chi connectivity index (χ0n) is 10.3. The molecule has 0 saturated carbocycles. The van der Waals surface area contributed by atoms with Crippen LogP contribution in [0, 0.1) is 0 Å². The Morgan fingerprint density at radius 1 is 1.32 bits per heavy atom. The number of aliphatic carboxylic acids is 1. The van der Waals surface area contributed by atoms with Crippen LogP contribution in [0.1, 0.15) is 5.69 Å². The van der Waals surface area contributed by atoms with E-state index in [1.807, 2.05) is 0 Å². The summed E-state index contributed by atoms with van der Waals surface area (Å²) >= 11 is 0. The van der Waals surface area contributed by atoms with Gasteiger partial charge in [-0.05, 0) is 24.3 Å². The second kappa shape index (κ2) is 5.85. The summed E-state index contributed by atoms with van der Waals surface area (Å²) in [6.07, 6.45) is 1.54. The van der Waals surface area contributed by atoms with Crippen LogP contribution in [0.5, 0.6) is 11.5 Å². The zero-order chi connectivity index (χ0) is 13.7. The molecule has 0 radical (unpaired) electrons. The van der Waals surface area contributed by atoms with E-state index >= 15 is 0 Å². The first-order valence-corrected chi connectivity index (χ1v) is 5.55. The minimum atomic E-state index is -0.965. The summed E-state index contributed by atoms with van der Waals surface area (Å²) in [5.41, 5.74) is 0.567. The highest BCUT2D eigenvalue weighted by Gasteiger charge is 2.05. The molecule has 0 saturated heterocycles. The van der Waals surface area contributed by atoms with Crippen LogP contribution in [0.2, 0.25) is 0 Å². The van der Waals surface area contributed by atoms with Gasteiger partial charge < -0.3 is 14.6 Å². The van der Waals surface area contributed by atoms with Crippen molar-refractivity contribution < 1.29 is 19.4 Å². The number of carboxylic acids is 1. The third-order valence-corrected chi connectivity index (χ3v) is 2.33. The second-order valence-electron chi connectivity index (χ2n) is 3.77. The number of methoxy groups -OCH3 is 1. The molecule has 19 heavy (non-hydrogen) atoms. The number of carbonyl (C=O) groups is 1. The fourth-order valence-electron chi connectivity index (χ4n) is 1.45. The van der Waals surface area contributed by atoms with E-state index in [1.54, 1.807) is 31.4 Å². The van der Waals surface area contributed by atoms with Crippen molar-refractivity contribution in [3.8, 4) is 11.5 Å². The highest BCUT2D eigenvalue weighted by molar-refractivity contribution is 5.66. The molecule has 100 valence electrons. The average Bonchev–Trinajstić information content (AvgIpc) is 2.84. The Morgan fingerprint density at radius 2 is 2.00 bits per heavy atom. The summed E-state index contributed by atoms with van der Waals surface area (Å²) in [5, 5.41) is 16.1. The first-order chi connectivity index (χ1) is 9.17. The summed E-state index contributed by atoms with van der Waals surface area (Å²) in [7, 11) is 1.59. The summed E-state index contributed by atoms with van der Waals surface area (Å²) < 4.78 is 11.8. The van der Waals surface area contributed by atoms with Gasteiger partial charge >= 0.3 is 5.97 Å². The minimum Gasteiger partial charge on any atom is -0.497 e. The van der Waals surface area contributed by atoms with Crippen LogP contribution in [0.15, 0.2) is 30.5 Å². The topological polar surface area (TPSA) is 86.5 Å². The number of carboxylic acid groups (broad SMARTS) is 1. The van der Waals surface area contributed by atoms with Gasteiger partial charge in [0.15, 0.2) is 0 Å². The molecule has 1 aromatic carbocycles. The van der Waals surface area contributed by atoms with Crippen molar-refractivity contribution in [3.63, 3.8) is 0 Å². The van der Waals surface area contributed by atoms with Gasteiger partial charge in [-0.1, -0.05) is 5.21 Å². The van der Waals surface area contributed by atoms with E-state index in [1.165, 1.54) is 10.9 Å². The summed E-state index contributed by atoms with van der Waals surface area (Å²) in [4.78, 5) is 10.5. The van der Waals surface area contributed by atoms with E-state index in [-0.39, 0.29) is 13.2 Å². The molecule has 7 nitrogen and oxygen atoms in total. The minimum absolute atomic E-state index is 0.213. The number of benzene rings is 1. The quantitative estimate of drug-likeness (QED) is 0.835. The van der Waals surface area contributed by atoms with E-state index in [4.69, 9.17) is 14.6 Å². The van der Waals surface area contributed by atoms with E-state index in [9.17, 15) is 4.79 Å². The van der Waals surface area contributed by atoms with Crippen LogP contribution < -0.4 is 9.47 Å². The van der Waals surface area contributed by atoms with E-state index in [0.717, 1.165) is 5.75 Å². The summed E-state index contributed by atoms with van der Waals surface area (Å²) in [6, 6.07) is 7.13. The van der Waals surface area contributed by atoms with Crippen LogP contribution in [0.4, 0.5) is 0 Å². The first-order valence-electron chi connectivity index (χ1n) is 5.55. The molecule has 0 aliphatic rings. The molecule has 1 aromatic heterocycles. The maximum Gasteiger partial charge on any atom is 0.325 e. The Hall–Kier alpha value is -2.57. The molecule has 0 atom stereocenters. The number of hydrogen-bond donors (Lipinski definition) is 1. The molecule has 0 aliphatic heterocycles. The monoisotopic (exact) mass is 263 g/mol. The molecule has 0 spiro atoms. The van der Waals surface area contributed by atoms with Crippen LogP contribution in [0.25, 0.3) is 0 Å². The maximum absolute atomic E-state index is 10.5. The van der Waals surface area contributed by atoms with Gasteiger partial charge in [0.1, 0.15) is 30.3 Å². The molecule has 2 rings (SSSR count). The molecule has 1 N–H and O–H groups in total. The number of aromatic nitrogens is 3. The van der Waals surface area contributed by atoms with E-state index in [0.29, 0.717) is 11.4 Å². The highest BCUT2D eigenvalue weighted by Crippen LogP contribution is 2.17. The van der Waals surface area contributed by atoms with Gasteiger partial charge in [-0.3, -0.25) is 4.79 Å². The lowest BCUT2D eigenvalue weighted by Crippen LogP contribution is -2.08. The van der Waals surface area contributed by atoms with Crippen molar-refractivity contribution in [2.24, 2.45) is 0 Å². The molecule has 7 heteroatoms. The van der Waals surface area contributed by atoms with E-state index in [2.05, 4.69) is 10.3 Å². The summed E-state index contributed by atoms with van der Waals surface area (Å²) in [6.45, 7) is 0.0154. The third-order valence-electron chi connectivity index (χ3n) is 2.33. The Balaban J connectivity index is 1.90. The largest absolute Gasteiger partial charge is 0.497 e. The molecular formula is C12H13N3O4. The molecule has 0 fully saturated rings. The number of nitrogens with zero attached hydrogens (tertiary/aromatic N) is 3. The highest BCUT2D eigenvalue weighted by atomic mass is 16.5. The molecule has 0 bridgehead atoms. The van der Waals surface area contributed by atoms with Crippen LogP contribution in [-0.4, -0.2) is 33.2 Å². The van der Waals surface area contributed by atoms with E-state index < -0.39 is 5.97 Å². The van der Waals surface area contributed by atoms with Crippen LogP contribution >= 0.6 is 0 Å². The van der Waals surface area contributed by atoms with Crippen molar-refractivity contribution in [3.05, 3.63) is 36.2 Å². The van der Waals surface area contributed by atoms with Crippen molar-refractivity contribution in [2.45, 2.75) is 13.2 Å². The predicted molar refractivity (Wildman–Crippen MR) is 65.0 cm³/mol. The lowest BCUT2D eigenvalue weighted by molar-refractivity contribution is -0.137. The Kier molecular flexibility index (Phi) is 3.97. The van der Waals surface area contributed by atoms with Gasteiger partial charge in [0.05, 0.1) is 13.3 Å². The SMILES string of the molecule is COc1ccc(OCc2cn(CC(=O)O)nn2)cc1. The number of rotatable bonds is 6. The maximum atomic E-state index is 10.5. The van der Waals surface area contributed by atoms with Crippen molar-refractivity contribution in [1.82, 2.24) is 15.0 Å².